The van der Waals surface area contributed by atoms with Crippen LogP contribution in [0.4, 0.5) is 8.78 Å². The van der Waals surface area contributed by atoms with Crippen molar-refractivity contribution in [1.29, 1.82) is 0 Å². The van der Waals surface area contributed by atoms with Crippen molar-refractivity contribution in [3.8, 4) is 0 Å². The first kappa shape index (κ1) is 13.7. The summed E-state index contributed by atoms with van der Waals surface area (Å²) in [4.78, 5) is 0. The minimum absolute atomic E-state index is 0.0294. The Morgan fingerprint density at radius 1 is 0.947 bits per heavy atom. The summed E-state index contributed by atoms with van der Waals surface area (Å²) < 4.78 is 24.9. The first-order valence-electron chi connectivity index (χ1n) is 6.26. The number of hydrogen-bond acceptors (Lipinski definition) is 1. The van der Waals surface area contributed by atoms with E-state index in [0.717, 1.165) is 17.5 Å². The minimum Gasteiger partial charge on any atom is -0.384 e. The molecule has 19 heavy (non-hydrogen) atoms. The molecule has 0 aromatic heterocycles. The number of aliphatic hydroxyl groups is 1. The first-order valence-corrected chi connectivity index (χ1v) is 6.26. The molecule has 100 valence electrons. The summed E-state index contributed by atoms with van der Waals surface area (Å²) in [5, 5.41) is 10.3. The molecular weight excluding hydrogens is 246 g/mol. The molecule has 3 heteroatoms. The van der Waals surface area contributed by atoms with Crippen molar-refractivity contribution in [3.05, 3.63) is 70.8 Å². The zero-order valence-corrected chi connectivity index (χ0v) is 10.7. The topological polar surface area (TPSA) is 20.2 Å². The van der Waals surface area contributed by atoms with Crippen LogP contribution in [0.5, 0.6) is 0 Å². The van der Waals surface area contributed by atoms with Crippen molar-refractivity contribution in [3.63, 3.8) is 0 Å². The molecule has 0 aliphatic rings. The van der Waals surface area contributed by atoms with Crippen LogP contribution in [0.1, 0.15) is 41.7 Å². The zero-order valence-electron chi connectivity index (χ0n) is 10.7. The molecule has 0 fully saturated rings. The normalized spacial score (nSPS) is 12.7. The van der Waals surface area contributed by atoms with E-state index < -0.39 is 12.5 Å². The van der Waals surface area contributed by atoms with E-state index in [2.05, 4.69) is 0 Å². The summed E-state index contributed by atoms with van der Waals surface area (Å²) in [6.45, 7) is 2.04. The monoisotopic (exact) mass is 262 g/mol. The number of benzene rings is 2. The summed E-state index contributed by atoms with van der Waals surface area (Å²) in [6.07, 6.45) is -2.36. The third-order valence-corrected chi connectivity index (χ3v) is 3.18. The molecule has 2 aromatic carbocycles. The molecule has 2 rings (SSSR count). The molecule has 0 aliphatic carbocycles. The number of aliphatic hydroxyl groups excluding tert-OH is 1. The lowest BCUT2D eigenvalue weighted by atomic mass is 9.98. The van der Waals surface area contributed by atoms with Crippen LogP contribution in [0.3, 0.4) is 0 Å². The standard InChI is InChI=1S/C16H16F2O/c1-2-11-4-3-5-14(10-11)15(19)12-6-8-13(9-7-12)16(17)18/h3-10,15-16,19H,2H2,1H3. The van der Waals surface area contributed by atoms with Gasteiger partial charge >= 0.3 is 0 Å². The van der Waals surface area contributed by atoms with E-state index in [1.54, 1.807) is 12.1 Å². The highest BCUT2D eigenvalue weighted by molar-refractivity contribution is 5.34. The van der Waals surface area contributed by atoms with Gasteiger partial charge in [0.2, 0.25) is 0 Å². The van der Waals surface area contributed by atoms with Gasteiger partial charge in [-0.2, -0.15) is 0 Å². The van der Waals surface area contributed by atoms with E-state index in [9.17, 15) is 13.9 Å². The van der Waals surface area contributed by atoms with Gasteiger partial charge < -0.3 is 5.11 Å². The maximum absolute atomic E-state index is 12.5. The Bertz CT molecular complexity index is 535. The van der Waals surface area contributed by atoms with Crippen LogP contribution in [0.15, 0.2) is 48.5 Å². The maximum Gasteiger partial charge on any atom is 0.263 e. The number of hydrogen-bond donors (Lipinski definition) is 1. The summed E-state index contributed by atoms with van der Waals surface area (Å²) in [7, 11) is 0. The molecule has 0 bridgehead atoms. The SMILES string of the molecule is CCc1cccc(C(O)c2ccc(C(F)F)cc2)c1. The summed E-state index contributed by atoms with van der Waals surface area (Å²) in [6, 6.07) is 13.5. The van der Waals surface area contributed by atoms with Crippen molar-refractivity contribution in [2.24, 2.45) is 0 Å². The van der Waals surface area contributed by atoms with Gasteiger partial charge in [0.1, 0.15) is 6.10 Å². The van der Waals surface area contributed by atoms with Crippen LogP contribution in [-0.2, 0) is 6.42 Å². The molecule has 1 atom stereocenters. The maximum atomic E-state index is 12.5. The van der Waals surface area contributed by atoms with Gasteiger partial charge in [-0.1, -0.05) is 55.5 Å². The first-order chi connectivity index (χ1) is 9.11. The van der Waals surface area contributed by atoms with Crippen LogP contribution < -0.4 is 0 Å². The second kappa shape index (κ2) is 5.93. The molecule has 0 saturated heterocycles. The molecule has 0 amide bonds. The molecule has 0 heterocycles. The van der Waals surface area contributed by atoms with Gasteiger partial charge in [0.15, 0.2) is 0 Å². The zero-order chi connectivity index (χ0) is 13.8. The molecule has 0 spiro atoms. The number of aryl methyl sites for hydroxylation is 1. The average molecular weight is 262 g/mol. The molecule has 2 aromatic rings. The van der Waals surface area contributed by atoms with Crippen molar-refractivity contribution >= 4 is 0 Å². The van der Waals surface area contributed by atoms with Crippen molar-refractivity contribution in [2.45, 2.75) is 25.9 Å². The fourth-order valence-corrected chi connectivity index (χ4v) is 2.00. The second-order valence-electron chi connectivity index (χ2n) is 4.47. The lowest BCUT2D eigenvalue weighted by Gasteiger charge is -2.13. The van der Waals surface area contributed by atoms with E-state index in [4.69, 9.17) is 0 Å². The van der Waals surface area contributed by atoms with Crippen molar-refractivity contribution in [2.75, 3.05) is 0 Å². The van der Waals surface area contributed by atoms with Gasteiger partial charge in [0.05, 0.1) is 0 Å². The summed E-state index contributed by atoms with van der Waals surface area (Å²) >= 11 is 0. The fraction of sp³-hybridized carbons (Fsp3) is 0.250. The highest BCUT2D eigenvalue weighted by Gasteiger charge is 2.12. The number of halogens is 2. The lowest BCUT2D eigenvalue weighted by Crippen LogP contribution is -2.00. The van der Waals surface area contributed by atoms with Crippen LogP contribution in [-0.4, -0.2) is 5.11 Å². The van der Waals surface area contributed by atoms with E-state index in [-0.39, 0.29) is 5.56 Å². The molecule has 0 aliphatic heterocycles. The van der Waals surface area contributed by atoms with Gasteiger partial charge in [-0.05, 0) is 23.1 Å². The van der Waals surface area contributed by atoms with E-state index >= 15 is 0 Å². The minimum atomic E-state index is -2.48. The molecule has 1 nitrogen and oxygen atoms in total. The van der Waals surface area contributed by atoms with Crippen LogP contribution >= 0.6 is 0 Å². The lowest BCUT2D eigenvalue weighted by molar-refractivity contribution is 0.151. The van der Waals surface area contributed by atoms with E-state index in [1.165, 1.54) is 12.1 Å². The largest absolute Gasteiger partial charge is 0.384 e. The predicted molar refractivity (Wildman–Crippen MR) is 71.3 cm³/mol. The van der Waals surface area contributed by atoms with E-state index in [1.807, 2.05) is 31.2 Å². The van der Waals surface area contributed by atoms with Gasteiger partial charge in [-0.15, -0.1) is 0 Å². The van der Waals surface area contributed by atoms with Gasteiger partial charge in [0.25, 0.3) is 6.43 Å². The molecule has 1 N–H and O–H groups in total. The number of rotatable bonds is 4. The second-order valence-corrected chi connectivity index (χ2v) is 4.47. The van der Waals surface area contributed by atoms with Crippen LogP contribution in [0.25, 0.3) is 0 Å². The Morgan fingerprint density at radius 3 is 2.16 bits per heavy atom. The van der Waals surface area contributed by atoms with Crippen molar-refractivity contribution < 1.29 is 13.9 Å². The Morgan fingerprint density at radius 2 is 1.58 bits per heavy atom. The number of alkyl halides is 2. The predicted octanol–water partition coefficient (Wildman–Crippen LogP) is 4.27. The van der Waals surface area contributed by atoms with Crippen LogP contribution in [0, 0.1) is 0 Å². The smallest absolute Gasteiger partial charge is 0.263 e. The molecule has 0 saturated carbocycles. The average Bonchev–Trinajstić information content (AvgIpc) is 2.46. The van der Waals surface area contributed by atoms with E-state index in [0.29, 0.717) is 5.56 Å². The Balaban J connectivity index is 2.25. The van der Waals surface area contributed by atoms with Gasteiger partial charge in [-0.3, -0.25) is 0 Å². The summed E-state index contributed by atoms with van der Waals surface area (Å²) in [5.74, 6) is 0. The quantitative estimate of drug-likeness (QED) is 0.872. The highest BCUT2D eigenvalue weighted by Crippen LogP contribution is 2.25. The summed E-state index contributed by atoms with van der Waals surface area (Å²) in [5.41, 5.74) is 2.51. The third-order valence-electron chi connectivity index (χ3n) is 3.18. The molecular formula is C16H16F2O. The third kappa shape index (κ3) is 3.18. The van der Waals surface area contributed by atoms with Gasteiger partial charge in [0, 0.05) is 5.56 Å². The van der Waals surface area contributed by atoms with Gasteiger partial charge in [-0.25, -0.2) is 8.78 Å². The Hall–Kier alpha value is -1.74. The Kier molecular flexibility index (Phi) is 4.27. The molecule has 0 radical (unpaired) electrons. The molecule has 1 unspecified atom stereocenters. The highest BCUT2D eigenvalue weighted by atomic mass is 19.3. The Labute approximate surface area is 111 Å². The fourth-order valence-electron chi connectivity index (χ4n) is 2.00. The van der Waals surface area contributed by atoms with Crippen LogP contribution in [0.2, 0.25) is 0 Å². The van der Waals surface area contributed by atoms with Crippen molar-refractivity contribution in [1.82, 2.24) is 0 Å².